The molecule has 4 heteroatoms. The third-order valence-corrected chi connectivity index (χ3v) is 4.20. The zero-order valence-electron chi connectivity index (χ0n) is 11.6. The van der Waals surface area contributed by atoms with Crippen molar-refractivity contribution in [1.82, 2.24) is 9.97 Å². The lowest BCUT2D eigenvalue weighted by Gasteiger charge is -2.31. The molecule has 1 heterocycles. The minimum absolute atomic E-state index is 0.256. The van der Waals surface area contributed by atoms with E-state index in [0.717, 1.165) is 24.8 Å². The van der Waals surface area contributed by atoms with Crippen molar-refractivity contribution in [2.75, 3.05) is 0 Å². The van der Waals surface area contributed by atoms with E-state index in [1.165, 1.54) is 5.56 Å². The first kappa shape index (κ1) is 13.0. The number of hydrogen-bond donors (Lipinski definition) is 1. The van der Waals surface area contributed by atoms with E-state index in [2.05, 4.69) is 23.0 Å². The van der Waals surface area contributed by atoms with E-state index in [-0.39, 0.29) is 6.04 Å². The summed E-state index contributed by atoms with van der Waals surface area (Å²) in [6, 6.07) is 6.34. The van der Waals surface area contributed by atoms with E-state index in [0.29, 0.717) is 22.9 Å². The summed E-state index contributed by atoms with van der Waals surface area (Å²) in [7, 11) is 0. The monoisotopic (exact) mass is 266 g/mol. The van der Waals surface area contributed by atoms with Crippen LogP contribution in [-0.2, 0) is 0 Å². The second kappa shape index (κ2) is 5.18. The van der Waals surface area contributed by atoms with E-state index in [1.807, 2.05) is 12.1 Å². The van der Waals surface area contributed by atoms with E-state index in [1.54, 1.807) is 12.4 Å². The zero-order chi connectivity index (χ0) is 14.1. The van der Waals surface area contributed by atoms with Crippen molar-refractivity contribution in [3.05, 3.63) is 35.7 Å². The normalized spacial score (nSPS) is 26.4. The molecule has 1 fully saturated rings. The topological polar surface area (TPSA) is 75.6 Å². The van der Waals surface area contributed by atoms with Gasteiger partial charge in [-0.1, -0.05) is 13.0 Å². The lowest BCUT2D eigenvalue weighted by Crippen LogP contribution is -2.31. The van der Waals surface area contributed by atoms with Crippen molar-refractivity contribution in [3.8, 4) is 6.07 Å². The summed E-state index contributed by atoms with van der Waals surface area (Å²) in [5, 5.41) is 9.18. The van der Waals surface area contributed by atoms with E-state index in [9.17, 15) is 5.26 Å². The summed E-state index contributed by atoms with van der Waals surface area (Å²) in [6.45, 7) is 2.25. The summed E-state index contributed by atoms with van der Waals surface area (Å²) in [5.41, 5.74) is 9.51. The third kappa shape index (κ3) is 2.25. The Bertz CT molecular complexity index is 664. The SMILES string of the molecule is C[C@H]1CC(N)CC(c2ccc(C#N)c3nccnc23)C1. The van der Waals surface area contributed by atoms with E-state index >= 15 is 0 Å². The van der Waals surface area contributed by atoms with E-state index < -0.39 is 0 Å². The fraction of sp³-hybridized carbons (Fsp3) is 0.438. The Morgan fingerprint density at radius 2 is 1.90 bits per heavy atom. The molecule has 0 bridgehead atoms. The molecule has 102 valence electrons. The van der Waals surface area contributed by atoms with Gasteiger partial charge in [-0.3, -0.25) is 9.97 Å². The third-order valence-electron chi connectivity index (χ3n) is 4.20. The van der Waals surface area contributed by atoms with Gasteiger partial charge in [0.15, 0.2) is 0 Å². The highest BCUT2D eigenvalue weighted by Crippen LogP contribution is 2.38. The van der Waals surface area contributed by atoms with Gasteiger partial charge in [-0.15, -0.1) is 0 Å². The van der Waals surface area contributed by atoms with Crippen LogP contribution in [0.3, 0.4) is 0 Å². The van der Waals surface area contributed by atoms with Crippen LogP contribution < -0.4 is 5.73 Å². The molecule has 1 aliphatic carbocycles. The number of nitrogens with two attached hydrogens (primary N) is 1. The van der Waals surface area contributed by atoms with Crippen LogP contribution >= 0.6 is 0 Å². The lowest BCUT2D eigenvalue weighted by atomic mass is 9.76. The maximum Gasteiger partial charge on any atom is 0.107 e. The van der Waals surface area contributed by atoms with Crippen molar-refractivity contribution in [3.63, 3.8) is 0 Å². The molecule has 3 atom stereocenters. The minimum atomic E-state index is 0.256. The van der Waals surface area contributed by atoms with Gasteiger partial charge >= 0.3 is 0 Å². The number of fused-ring (bicyclic) bond motifs is 1. The largest absolute Gasteiger partial charge is 0.328 e. The van der Waals surface area contributed by atoms with Gasteiger partial charge in [-0.2, -0.15) is 5.26 Å². The molecule has 0 saturated heterocycles. The van der Waals surface area contributed by atoms with E-state index in [4.69, 9.17) is 5.73 Å². The Morgan fingerprint density at radius 1 is 1.15 bits per heavy atom. The Hall–Kier alpha value is -1.99. The Labute approximate surface area is 118 Å². The van der Waals surface area contributed by atoms with Gasteiger partial charge in [0.2, 0.25) is 0 Å². The van der Waals surface area contributed by atoms with Crippen molar-refractivity contribution in [2.45, 2.75) is 38.1 Å². The Kier molecular flexibility index (Phi) is 3.37. The van der Waals surface area contributed by atoms with Crippen LogP contribution in [0.4, 0.5) is 0 Å². The van der Waals surface area contributed by atoms with Gasteiger partial charge in [0.05, 0.1) is 11.1 Å². The van der Waals surface area contributed by atoms with Crippen LogP contribution in [0.15, 0.2) is 24.5 Å². The predicted octanol–water partition coefficient (Wildman–Crippen LogP) is 2.73. The molecule has 4 nitrogen and oxygen atoms in total. The fourth-order valence-corrected chi connectivity index (χ4v) is 3.41. The molecule has 1 aromatic carbocycles. The highest BCUT2D eigenvalue weighted by Gasteiger charge is 2.27. The van der Waals surface area contributed by atoms with Crippen molar-refractivity contribution in [1.29, 1.82) is 5.26 Å². The van der Waals surface area contributed by atoms with Crippen LogP contribution in [0.5, 0.6) is 0 Å². The fourth-order valence-electron chi connectivity index (χ4n) is 3.41. The maximum absolute atomic E-state index is 9.18. The molecule has 1 aliphatic rings. The quantitative estimate of drug-likeness (QED) is 0.861. The summed E-state index contributed by atoms with van der Waals surface area (Å²) < 4.78 is 0. The number of nitrogens with zero attached hydrogens (tertiary/aromatic N) is 3. The lowest BCUT2D eigenvalue weighted by molar-refractivity contribution is 0.309. The molecule has 2 unspecified atom stereocenters. The predicted molar refractivity (Wildman–Crippen MR) is 78.0 cm³/mol. The molecular weight excluding hydrogens is 248 g/mol. The molecule has 2 aromatic rings. The molecule has 20 heavy (non-hydrogen) atoms. The molecule has 1 aromatic heterocycles. The summed E-state index contributed by atoms with van der Waals surface area (Å²) in [4.78, 5) is 8.79. The highest BCUT2D eigenvalue weighted by molar-refractivity contribution is 5.83. The van der Waals surface area contributed by atoms with Crippen molar-refractivity contribution < 1.29 is 0 Å². The van der Waals surface area contributed by atoms with Gasteiger partial charge in [-0.05, 0) is 42.7 Å². The van der Waals surface area contributed by atoms with Crippen molar-refractivity contribution >= 4 is 11.0 Å². The number of nitriles is 1. The summed E-state index contributed by atoms with van der Waals surface area (Å²) in [5.74, 6) is 1.05. The Morgan fingerprint density at radius 3 is 2.60 bits per heavy atom. The Balaban J connectivity index is 2.11. The van der Waals surface area contributed by atoms with Gasteiger partial charge < -0.3 is 5.73 Å². The van der Waals surface area contributed by atoms with Crippen LogP contribution in [0, 0.1) is 17.2 Å². The first-order chi connectivity index (χ1) is 9.69. The molecule has 2 N–H and O–H groups in total. The standard InChI is InChI=1S/C16H18N4/c1-10-6-12(8-13(18)7-10)14-3-2-11(9-17)15-16(14)20-5-4-19-15/h2-5,10,12-13H,6-8,18H2,1H3/t10-,12?,13?/m1/s1. The summed E-state index contributed by atoms with van der Waals surface area (Å²) >= 11 is 0. The van der Waals surface area contributed by atoms with Crippen LogP contribution in [-0.4, -0.2) is 16.0 Å². The van der Waals surface area contributed by atoms with Gasteiger partial charge in [0.25, 0.3) is 0 Å². The van der Waals surface area contributed by atoms with Crippen LogP contribution in [0.1, 0.15) is 43.2 Å². The molecule has 3 rings (SSSR count). The first-order valence-corrected chi connectivity index (χ1v) is 7.08. The molecule has 0 radical (unpaired) electrons. The first-order valence-electron chi connectivity index (χ1n) is 7.08. The van der Waals surface area contributed by atoms with Crippen LogP contribution in [0.2, 0.25) is 0 Å². The molecule has 0 amide bonds. The average Bonchev–Trinajstić information content (AvgIpc) is 2.45. The highest BCUT2D eigenvalue weighted by atomic mass is 14.8. The number of benzene rings is 1. The zero-order valence-corrected chi connectivity index (χ0v) is 11.6. The molecule has 0 spiro atoms. The molecular formula is C16H18N4. The number of hydrogen-bond acceptors (Lipinski definition) is 4. The van der Waals surface area contributed by atoms with Crippen LogP contribution in [0.25, 0.3) is 11.0 Å². The smallest absolute Gasteiger partial charge is 0.107 e. The minimum Gasteiger partial charge on any atom is -0.328 e. The maximum atomic E-state index is 9.18. The van der Waals surface area contributed by atoms with Crippen molar-refractivity contribution in [2.24, 2.45) is 11.7 Å². The van der Waals surface area contributed by atoms with Gasteiger partial charge in [-0.25, -0.2) is 0 Å². The van der Waals surface area contributed by atoms with Gasteiger partial charge in [0.1, 0.15) is 11.6 Å². The molecule has 1 saturated carbocycles. The number of rotatable bonds is 1. The second-order valence-corrected chi connectivity index (χ2v) is 5.84. The summed E-state index contributed by atoms with van der Waals surface area (Å²) in [6.07, 6.45) is 6.55. The second-order valence-electron chi connectivity index (χ2n) is 5.84. The van der Waals surface area contributed by atoms with Gasteiger partial charge in [0, 0.05) is 18.4 Å². The number of aromatic nitrogens is 2. The average molecular weight is 266 g/mol. The molecule has 0 aliphatic heterocycles.